The van der Waals surface area contributed by atoms with Gasteiger partial charge >= 0.3 is 6.61 Å². The molecule has 0 radical (unpaired) electrons. The van der Waals surface area contributed by atoms with Crippen molar-refractivity contribution in [1.82, 2.24) is 20.2 Å². The zero-order valence-electron chi connectivity index (χ0n) is 9.35. The summed E-state index contributed by atoms with van der Waals surface area (Å²) in [5, 5.41) is 11.6. The summed E-state index contributed by atoms with van der Waals surface area (Å²) < 4.78 is 29.3. The highest BCUT2D eigenvalue weighted by atomic mass is 79.9. The predicted molar refractivity (Wildman–Crippen MR) is 62.4 cm³/mol. The number of hydrogen-bond donors (Lipinski definition) is 0. The molecule has 0 aliphatic carbocycles. The van der Waals surface area contributed by atoms with Gasteiger partial charge in [-0.3, -0.25) is 0 Å². The van der Waals surface area contributed by atoms with Gasteiger partial charge in [-0.25, -0.2) is 0 Å². The number of ether oxygens (including phenoxy) is 1. The van der Waals surface area contributed by atoms with E-state index in [1.807, 2.05) is 0 Å². The van der Waals surface area contributed by atoms with Gasteiger partial charge in [-0.05, 0) is 35.9 Å². The van der Waals surface area contributed by atoms with Crippen LogP contribution >= 0.6 is 15.9 Å². The molecule has 0 spiro atoms. The van der Waals surface area contributed by atoms with Crippen molar-refractivity contribution in [2.45, 2.75) is 20.1 Å². The molecule has 0 atom stereocenters. The van der Waals surface area contributed by atoms with Crippen molar-refractivity contribution in [2.24, 2.45) is 0 Å². The SMILES string of the molecule is Cc1nnn(Cc2cc(OC(F)F)ccc2Br)n1. The van der Waals surface area contributed by atoms with E-state index in [0.29, 0.717) is 12.4 Å². The Bertz CT molecular complexity index is 546. The van der Waals surface area contributed by atoms with E-state index in [-0.39, 0.29) is 5.75 Å². The molecular formula is C10H9BrF2N4O. The minimum atomic E-state index is -2.84. The van der Waals surface area contributed by atoms with Crippen LogP contribution in [-0.2, 0) is 6.54 Å². The molecule has 5 nitrogen and oxygen atoms in total. The molecule has 0 amide bonds. The first kappa shape index (κ1) is 12.9. The molecule has 0 aliphatic heterocycles. The minimum absolute atomic E-state index is 0.0973. The van der Waals surface area contributed by atoms with Crippen molar-refractivity contribution in [3.63, 3.8) is 0 Å². The molecule has 0 aliphatic rings. The molecule has 18 heavy (non-hydrogen) atoms. The van der Waals surface area contributed by atoms with E-state index in [0.717, 1.165) is 10.0 Å². The lowest BCUT2D eigenvalue weighted by atomic mass is 10.2. The van der Waals surface area contributed by atoms with Crippen LogP contribution in [0.3, 0.4) is 0 Å². The first-order valence-electron chi connectivity index (χ1n) is 5.02. The minimum Gasteiger partial charge on any atom is -0.435 e. The van der Waals surface area contributed by atoms with Crippen LogP contribution in [0.2, 0.25) is 0 Å². The van der Waals surface area contributed by atoms with Gasteiger partial charge < -0.3 is 4.74 Å². The standard InChI is InChI=1S/C10H9BrF2N4O/c1-6-14-16-17(15-6)5-7-4-8(18-10(12)13)2-3-9(7)11/h2-4,10H,5H2,1H3. The van der Waals surface area contributed by atoms with Gasteiger partial charge in [0.2, 0.25) is 0 Å². The molecule has 8 heteroatoms. The molecular weight excluding hydrogens is 310 g/mol. The highest BCUT2D eigenvalue weighted by Crippen LogP contribution is 2.24. The number of benzene rings is 1. The molecule has 0 bridgehead atoms. The van der Waals surface area contributed by atoms with E-state index in [1.165, 1.54) is 16.9 Å². The lowest BCUT2D eigenvalue weighted by molar-refractivity contribution is -0.0498. The van der Waals surface area contributed by atoms with Crippen LogP contribution in [0.1, 0.15) is 11.4 Å². The summed E-state index contributed by atoms with van der Waals surface area (Å²) in [4.78, 5) is 1.38. The van der Waals surface area contributed by atoms with Crippen molar-refractivity contribution < 1.29 is 13.5 Å². The van der Waals surface area contributed by atoms with Crippen molar-refractivity contribution in [1.29, 1.82) is 0 Å². The number of hydrogen-bond acceptors (Lipinski definition) is 4. The first-order valence-corrected chi connectivity index (χ1v) is 5.81. The van der Waals surface area contributed by atoms with Crippen molar-refractivity contribution in [2.75, 3.05) is 0 Å². The van der Waals surface area contributed by atoms with E-state index >= 15 is 0 Å². The monoisotopic (exact) mass is 318 g/mol. The number of alkyl halides is 2. The Morgan fingerprint density at radius 3 is 2.83 bits per heavy atom. The second-order valence-electron chi connectivity index (χ2n) is 3.50. The Hall–Kier alpha value is -1.57. The Kier molecular flexibility index (Phi) is 3.85. The molecule has 0 fully saturated rings. The highest BCUT2D eigenvalue weighted by Gasteiger charge is 2.09. The number of aryl methyl sites for hydroxylation is 1. The van der Waals surface area contributed by atoms with E-state index in [4.69, 9.17) is 0 Å². The van der Waals surface area contributed by atoms with Gasteiger partial charge in [0.25, 0.3) is 0 Å². The maximum Gasteiger partial charge on any atom is 0.387 e. The van der Waals surface area contributed by atoms with Crippen molar-refractivity contribution in [3.8, 4) is 5.75 Å². The lowest BCUT2D eigenvalue weighted by Gasteiger charge is -2.08. The summed E-state index contributed by atoms with van der Waals surface area (Å²) in [5.74, 6) is 0.645. The molecule has 1 aromatic heterocycles. The fraction of sp³-hybridized carbons (Fsp3) is 0.300. The van der Waals surface area contributed by atoms with Crippen LogP contribution in [0, 0.1) is 6.92 Å². The van der Waals surface area contributed by atoms with E-state index in [2.05, 4.69) is 36.1 Å². The number of tetrazole rings is 1. The smallest absolute Gasteiger partial charge is 0.387 e. The molecule has 96 valence electrons. The Morgan fingerprint density at radius 2 is 2.22 bits per heavy atom. The Balaban J connectivity index is 2.20. The van der Waals surface area contributed by atoms with Crippen molar-refractivity contribution >= 4 is 15.9 Å². The molecule has 2 aromatic rings. The van der Waals surface area contributed by atoms with Gasteiger partial charge in [-0.1, -0.05) is 15.9 Å². The van der Waals surface area contributed by atoms with Gasteiger partial charge in [-0.2, -0.15) is 13.6 Å². The van der Waals surface area contributed by atoms with Crippen LogP contribution in [0.25, 0.3) is 0 Å². The summed E-state index contributed by atoms with van der Waals surface area (Å²) >= 11 is 3.33. The predicted octanol–water partition coefficient (Wildman–Crippen LogP) is 2.39. The molecule has 1 heterocycles. The zero-order valence-corrected chi connectivity index (χ0v) is 10.9. The molecule has 2 rings (SSSR count). The third-order valence-corrected chi connectivity index (χ3v) is 2.88. The summed E-state index contributed by atoms with van der Waals surface area (Å²) in [5.41, 5.74) is 0.727. The van der Waals surface area contributed by atoms with Crippen molar-refractivity contribution in [3.05, 3.63) is 34.1 Å². The fourth-order valence-electron chi connectivity index (χ4n) is 1.39. The quantitative estimate of drug-likeness (QED) is 0.868. The lowest BCUT2D eigenvalue weighted by Crippen LogP contribution is -2.06. The second kappa shape index (κ2) is 5.38. The molecule has 1 aromatic carbocycles. The summed E-state index contributed by atoms with van der Waals surface area (Å²) in [7, 11) is 0. The largest absolute Gasteiger partial charge is 0.435 e. The van der Waals surface area contributed by atoms with Crippen LogP contribution in [0.5, 0.6) is 5.75 Å². The van der Waals surface area contributed by atoms with Gasteiger partial charge in [0.1, 0.15) is 5.75 Å². The van der Waals surface area contributed by atoms with Crippen LogP contribution < -0.4 is 4.74 Å². The first-order chi connectivity index (χ1) is 8.54. The maximum atomic E-state index is 12.1. The van der Waals surface area contributed by atoms with Gasteiger partial charge in [-0.15, -0.1) is 10.2 Å². The number of rotatable bonds is 4. The summed E-state index contributed by atoms with van der Waals surface area (Å²) in [6.07, 6.45) is 0. The Morgan fingerprint density at radius 1 is 1.44 bits per heavy atom. The number of nitrogens with zero attached hydrogens (tertiary/aromatic N) is 4. The second-order valence-corrected chi connectivity index (χ2v) is 4.35. The van der Waals surface area contributed by atoms with Gasteiger partial charge in [0.05, 0.1) is 6.54 Å². The van der Waals surface area contributed by atoms with Crippen LogP contribution in [0.4, 0.5) is 8.78 Å². The third-order valence-electron chi connectivity index (χ3n) is 2.11. The molecule has 0 saturated heterocycles. The number of halogens is 3. The van der Waals surface area contributed by atoms with E-state index < -0.39 is 6.61 Å². The number of aromatic nitrogens is 4. The topological polar surface area (TPSA) is 52.8 Å². The molecule has 0 saturated carbocycles. The zero-order chi connectivity index (χ0) is 13.1. The maximum absolute atomic E-state index is 12.1. The third kappa shape index (κ3) is 3.22. The average Bonchev–Trinajstić information content (AvgIpc) is 2.68. The van der Waals surface area contributed by atoms with E-state index in [1.54, 1.807) is 13.0 Å². The van der Waals surface area contributed by atoms with Crippen LogP contribution in [-0.4, -0.2) is 26.8 Å². The summed E-state index contributed by atoms with van der Waals surface area (Å²) in [6, 6.07) is 4.60. The van der Waals surface area contributed by atoms with E-state index in [9.17, 15) is 8.78 Å². The summed E-state index contributed by atoms with van der Waals surface area (Å²) in [6.45, 7) is -0.803. The Labute approximate surface area is 110 Å². The molecule has 0 unspecified atom stereocenters. The average molecular weight is 319 g/mol. The molecule has 0 N–H and O–H groups in total. The van der Waals surface area contributed by atoms with Gasteiger partial charge in [0, 0.05) is 4.47 Å². The van der Waals surface area contributed by atoms with Gasteiger partial charge in [0.15, 0.2) is 5.82 Å². The highest BCUT2D eigenvalue weighted by molar-refractivity contribution is 9.10. The normalized spacial score (nSPS) is 10.9. The fourth-order valence-corrected chi connectivity index (χ4v) is 1.76. The van der Waals surface area contributed by atoms with Crippen LogP contribution in [0.15, 0.2) is 22.7 Å².